The van der Waals surface area contributed by atoms with Gasteiger partial charge in [-0.2, -0.15) is 0 Å². The van der Waals surface area contributed by atoms with Gasteiger partial charge in [-0.3, -0.25) is 4.90 Å². The fourth-order valence-electron chi connectivity index (χ4n) is 4.49. The molecule has 0 spiro atoms. The summed E-state index contributed by atoms with van der Waals surface area (Å²) in [6, 6.07) is 7.75. The van der Waals surface area contributed by atoms with E-state index in [0.717, 1.165) is 30.0 Å². The zero-order chi connectivity index (χ0) is 23.2. The Hall–Kier alpha value is -2.36. The molecule has 4 rings (SSSR count). The maximum Gasteiger partial charge on any atom is 0.161 e. The molecule has 0 aromatic heterocycles. The summed E-state index contributed by atoms with van der Waals surface area (Å²) in [5, 5.41) is 33.9. The summed E-state index contributed by atoms with van der Waals surface area (Å²) in [6.07, 6.45) is 5.93. The van der Waals surface area contributed by atoms with Crippen LogP contribution in [-0.4, -0.2) is 91.1 Å². The van der Waals surface area contributed by atoms with Crippen molar-refractivity contribution in [2.45, 2.75) is 30.8 Å². The number of β-amino-alcohol motifs (C(OH)–C–C–N with tert-alkyl or cyclic N) is 1. The molecule has 3 aliphatic rings. The SMILES string of the molecule is COC[C@@H]1[C@@H](O)[C@H](O)[C@@H](O)CN1CC1C=CC(CNc2ccc(C3=COCCO3)cc2)=CC1. The van der Waals surface area contributed by atoms with Crippen LogP contribution in [0.15, 0.2) is 54.3 Å². The van der Waals surface area contributed by atoms with Crippen molar-refractivity contribution in [2.75, 3.05) is 51.9 Å². The summed E-state index contributed by atoms with van der Waals surface area (Å²) in [7, 11) is 1.58. The summed E-state index contributed by atoms with van der Waals surface area (Å²) >= 11 is 0. The lowest BCUT2D eigenvalue weighted by Gasteiger charge is -2.44. The maximum atomic E-state index is 10.4. The number of hydrogen-bond acceptors (Lipinski definition) is 8. The van der Waals surface area contributed by atoms with Crippen molar-refractivity contribution in [1.29, 1.82) is 0 Å². The molecular weight excluding hydrogens is 424 g/mol. The molecule has 0 bridgehead atoms. The zero-order valence-electron chi connectivity index (χ0n) is 19.0. The normalized spacial score (nSPS) is 30.1. The third kappa shape index (κ3) is 5.96. The summed E-state index contributed by atoms with van der Waals surface area (Å²) in [6.45, 7) is 3.20. The first-order chi connectivity index (χ1) is 16.0. The smallest absolute Gasteiger partial charge is 0.161 e. The fourth-order valence-corrected chi connectivity index (χ4v) is 4.49. The van der Waals surface area contributed by atoms with Crippen LogP contribution in [0, 0.1) is 5.92 Å². The quantitative estimate of drug-likeness (QED) is 0.463. The van der Waals surface area contributed by atoms with E-state index in [1.807, 2.05) is 29.2 Å². The van der Waals surface area contributed by atoms with Gasteiger partial charge in [-0.05, 0) is 42.2 Å². The molecule has 4 N–H and O–H groups in total. The van der Waals surface area contributed by atoms with E-state index < -0.39 is 18.3 Å². The van der Waals surface area contributed by atoms with E-state index in [4.69, 9.17) is 14.2 Å². The molecular formula is C25H34N2O6. The number of piperidine rings is 1. The van der Waals surface area contributed by atoms with E-state index in [9.17, 15) is 15.3 Å². The standard InChI is InChI=1S/C25H34N2O6/c1-31-15-21-24(29)25(30)22(28)14-27(21)13-18-4-2-17(3-5-18)12-26-20-8-6-19(7-9-20)23-16-32-10-11-33-23/h2-4,6-9,16,18,21-22,24-26,28-30H,5,10-15H2,1H3/t18?,21-,22+,24-,25-/m1/s1. The summed E-state index contributed by atoms with van der Waals surface area (Å²) in [5.41, 5.74) is 3.24. The van der Waals surface area contributed by atoms with Crippen LogP contribution in [0.1, 0.15) is 12.0 Å². The van der Waals surface area contributed by atoms with Crippen LogP contribution in [0.4, 0.5) is 5.69 Å². The first-order valence-corrected chi connectivity index (χ1v) is 11.5. The molecule has 1 aromatic rings. The van der Waals surface area contributed by atoms with Gasteiger partial charge in [0.25, 0.3) is 0 Å². The summed E-state index contributed by atoms with van der Waals surface area (Å²) in [4.78, 5) is 2.02. The second-order valence-corrected chi connectivity index (χ2v) is 8.79. The lowest BCUT2D eigenvalue weighted by Crippen LogP contribution is -2.63. The first kappa shape index (κ1) is 23.8. The minimum Gasteiger partial charge on any atom is -0.494 e. The van der Waals surface area contributed by atoms with Gasteiger partial charge >= 0.3 is 0 Å². The highest BCUT2D eigenvalue weighted by molar-refractivity contribution is 5.62. The van der Waals surface area contributed by atoms with E-state index in [1.54, 1.807) is 13.4 Å². The number of aliphatic hydroxyl groups excluding tert-OH is 3. The van der Waals surface area contributed by atoms with E-state index in [2.05, 4.69) is 23.5 Å². The van der Waals surface area contributed by atoms with Gasteiger partial charge in [0.1, 0.15) is 31.7 Å². The lowest BCUT2D eigenvalue weighted by molar-refractivity contribution is -0.148. The van der Waals surface area contributed by atoms with Gasteiger partial charge in [-0.15, -0.1) is 0 Å². The second-order valence-electron chi connectivity index (χ2n) is 8.79. The number of aliphatic hydroxyl groups is 3. The van der Waals surface area contributed by atoms with Crippen molar-refractivity contribution in [2.24, 2.45) is 5.92 Å². The maximum absolute atomic E-state index is 10.4. The van der Waals surface area contributed by atoms with E-state index >= 15 is 0 Å². The molecule has 0 amide bonds. The van der Waals surface area contributed by atoms with Crippen LogP contribution in [0.3, 0.4) is 0 Å². The molecule has 2 heterocycles. The highest BCUT2D eigenvalue weighted by Crippen LogP contribution is 2.25. The van der Waals surface area contributed by atoms with Crippen LogP contribution in [0.25, 0.3) is 5.76 Å². The molecule has 1 saturated heterocycles. The number of nitrogens with one attached hydrogen (secondary N) is 1. The Labute approximate surface area is 194 Å². The van der Waals surface area contributed by atoms with Gasteiger partial charge < -0.3 is 34.8 Å². The molecule has 33 heavy (non-hydrogen) atoms. The predicted octanol–water partition coefficient (Wildman–Crippen LogP) is 1.36. The topological polar surface area (TPSA) is 104 Å². The van der Waals surface area contributed by atoms with Crippen molar-refractivity contribution in [3.8, 4) is 0 Å². The third-order valence-electron chi connectivity index (χ3n) is 6.42. The largest absolute Gasteiger partial charge is 0.494 e. The second kappa shape index (κ2) is 11.2. The zero-order valence-corrected chi connectivity index (χ0v) is 19.0. The number of allylic oxidation sites excluding steroid dienone is 1. The molecule has 1 fully saturated rings. The van der Waals surface area contributed by atoms with Gasteiger partial charge in [0.15, 0.2) is 5.76 Å². The van der Waals surface area contributed by atoms with Crippen LogP contribution >= 0.6 is 0 Å². The van der Waals surface area contributed by atoms with E-state index in [1.165, 1.54) is 5.57 Å². The summed E-state index contributed by atoms with van der Waals surface area (Å²) < 4.78 is 16.2. The lowest BCUT2D eigenvalue weighted by atomic mass is 9.90. The average Bonchev–Trinajstić information content (AvgIpc) is 2.85. The number of rotatable bonds is 8. The number of methoxy groups -OCH3 is 1. The number of nitrogens with zero attached hydrogens (tertiary/aromatic N) is 1. The predicted molar refractivity (Wildman–Crippen MR) is 125 cm³/mol. The Kier molecular flexibility index (Phi) is 8.06. The highest BCUT2D eigenvalue weighted by atomic mass is 16.6. The average molecular weight is 459 g/mol. The van der Waals surface area contributed by atoms with Crippen molar-refractivity contribution >= 4 is 11.4 Å². The third-order valence-corrected chi connectivity index (χ3v) is 6.42. The minimum absolute atomic E-state index is 0.271. The van der Waals surface area contributed by atoms with E-state index in [0.29, 0.717) is 32.9 Å². The molecule has 2 aliphatic heterocycles. The Bertz CT molecular complexity index is 868. The number of likely N-dealkylation sites (tertiary alicyclic amines) is 1. The number of ether oxygens (including phenoxy) is 3. The number of benzene rings is 1. The molecule has 8 nitrogen and oxygen atoms in total. The van der Waals surface area contributed by atoms with Crippen molar-refractivity contribution in [1.82, 2.24) is 4.90 Å². The van der Waals surface area contributed by atoms with Gasteiger partial charge in [-0.25, -0.2) is 0 Å². The minimum atomic E-state index is -1.14. The van der Waals surface area contributed by atoms with Crippen molar-refractivity contribution in [3.05, 3.63) is 59.9 Å². The van der Waals surface area contributed by atoms with Gasteiger partial charge in [0.05, 0.1) is 18.8 Å². The highest BCUT2D eigenvalue weighted by Gasteiger charge is 2.41. The molecule has 0 saturated carbocycles. The fraction of sp³-hybridized carbons (Fsp3) is 0.520. The molecule has 5 atom stereocenters. The Morgan fingerprint density at radius 2 is 1.94 bits per heavy atom. The van der Waals surface area contributed by atoms with Crippen molar-refractivity contribution in [3.63, 3.8) is 0 Å². The molecule has 8 heteroatoms. The van der Waals surface area contributed by atoms with E-state index in [-0.39, 0.29) is 12.0 Å². The molecule has 0 radical (unpaired) electrons. The van der Waals surface area contributed by atoms with Crippen LogP contribution < -0.4 is 5.32 Å². The molecule has 1 aliphatic carbocycles. The Balaban J connectivity index is 1.27. The van der Waals surface area contributed by atoms with Gasteiger partial charge in [-0.1, -0.05) is 18.2 Å². The Morgan fingerprint density at radius 3 is 2.61 bits per heavy atom. The molecule has 1 aromatic carbocycles. The number of hydrogen-bond donors (Lipinski definition) is 4. The summed E-state index contributed by atoms with van der Waals surface area (Å²) in [5.74, 6) is 1.03. The molecule has 1 unspecified atom stereocenters. The van der Waals surface area contributed by atoms with Gasteiger partial charge in [0.2, 0.25) is 0 Å². The Morgan fingerprint density at radius 1 is 1.12 bits per heavy atom. The van der Waals surface area contributed by atoms with Crippen LogP contribution in [0.5, 0.6) is 0 Å². The molecule has 180 valence electrons. The monoisotopic (exact) mass is 458 g/mol. The van der Waals surface area contributed by atoms with Crippen LogP contribution in [-0.2, 0) is 14.2 Å². The van der Waals surface area contributed by atoms with Crippen LogP contribution in [0.2, 0.25) is 0 Å². The first-order valence-electron chi connectivity index (χ1n) is 11.5. The van der Waals surface area contributed by atoms with Gasteiger partial charge in [0, 0.05) is 38.0 Å². The number of anilines is 1. The van der Waals surface area contributed by atoms with Crippen molar-refractivity contribution < 1.29 is 29.5 Å².